The highest BCUT2D eigenvalue weighted by molar-refractivity contribution is 5.78. The van der Waals surface area contributed by atoms with Gasteiger partial charge in [0.2, 0.25) is 5.91 Å². The minimum Gasteiger partial charge on any atom is -0.493 e. The van der Waals surface area contributed by atoms with Gasteiger partial charge in [-0.15, -0.1) is 0 Å². The third kappa shape index (κ3) is 7.11. The number of rotatable bonds is 6. The number of likely N-dealkylation sites (N-methyl/N-ethyl adjacent to an activating group) is 1. The predicted octanol–water partition coefficient (Wildman–Crippen LogP) is 3.19. The summed E-state index contributed by atoms with van der Waals surface area (Å²) in [4.78, 5) is 17.4. The van der Waals surface area contributed by atoms with Gasteiger partial charge in [0, 0.05) is 31.7 Å². The van der Waals surface area contributed by atoms with Crippen LogP contribution in [-0.2, 0) is 29.2 Å². The largest absolute Gasteiger partial charge is 0.493 e. The van der Waals surface area contributed by atoms with Gasteiger partial charge in [0.15, 0.2) is 11.5 Å². The third-order valence-electron chi connectivity index (χ3n) is 7.09. The van der Waals surface area contributed by atoms with Crippen LogP contribution < -0.4 is 19.5 Å². The van der Waals surface area contributed by atoms with Crippen molar-refractivity contribution in [2.45, 2.75) is 31.8 Å². The molecule has 9 heteroatoms. The number of ether oxygens (including phenoxy) is 4. The Morgan fingerprint density at radius 1 is 1.00 bits per heavy atom. The number of nitrogens with one attached hydrogen (secondary N) is 1. The highest BCUT2D eigenvalue weighted by atomic mass is 16.5. The molecule has 212 valence electrons. The number of para-hydroxylation sites is 1. The van der Waals surface area contributed by atoms with Crippen molar-refractivity contribution in [1.82, 2.24) is 15.1 Å². The number of carbonyl (C=O) groups excluding carboxylic acids is 1. The molecule has 1 fully saturated rings. The summed E-state index contributed by atoms with van der Waals surface area (Å²) in [6, 6.07) is 21.4. The van der Waals surface area contributed by atoms with Crippen LogP contribution in [0.3, 0.4) is 0 Å². The van der Waals surface area contributed by atoms with Gasteiger partial charge in [0.25, 0.3) is 0 Å². The third-order valence-corrected chi connectivity index (χ3v) is 7.09. The quantitative estimate of drug-likeness (QED) is 0.486. The summed E-state index contributed by atoms with van der Waals surface area (Å²) in [5.74, 6) is 2.68. The van der Waals surface area contributed by atoms with Gasteiger partial charge in [-0.2, -0.15) is 0 Å². The van der Waals surface area contributed by atoms with E-state index in [9.17, 15) is 9.90 Å². The number of benzene rings is 3. The summed E-state index contributed by atoms with van der Waals surface area (Å²) in [6.07, 6.45) is -0.190. The van der Waals surface area contributed by atoms with Crippen LogP contribution in [-0.4, -0.2) is 80.0 Å². The van der Waals surface area contributed by atoms with Gasteiger partial charge < -0.3 is 29.4 Å². The lowest BCUT2D eigenvalue weighted by Crippen LogP contribution is -2.47. The number of aliphatic hydroxyl groups excluding tert-OH is 1. The van der Waals surface area contributed by atoms with Gasteiger partial charge in [-0.25, -0.2) is 0 Å². The van der Waals surface area contributed by atoms with Gasteiger partial charge in [0.05, 0.1) is 39.0 Å². The first-order valence-corrected chi connectivity index (χ1v) is 13.6. The van der Waals surface area contributed by atoms with Gasteiger partial charge in [-0.05, 0) is 48.5 Å². The lowest BCUT2D eigenvalue weighted by Gasteiger charge is -2.23. The Balaban J connectivity index is 1.36. The summed E-state index contributed by atoms with van der Waals surface area (Å²) in [5.41, 5.74) is 3.03. The molecule has 2 heterocycles. The maximum atomic E-state index is 13.1. The first-order valence-electron chi connectivity index (χ1n) is 13.6. The van der Waals surface area contributed by atoms with Crippen molar-refractivity contribution in [2.75, 3.05) is 47.0 Å². The summed E-state index contributed by atoms with van der Waals surface area (Å²) < 4.78 is 23.9. The first kappa shape index (κ1) is 27.9. The average Bonchev–Trinajstić information content (AvgIpc) is 3.31. The molecule has 0 aliphatic carbocycles. The van der Waals surface area contributed by atoms with Crippen LogP contribution in [0, 0.1) is 0 Å². The van der Waals surface area contributed by atoms with E-state index in [1.807, 2.05) is 78.7 Å². The second-order valence-electron chi connectivity index (χ2n) is 10.3. The normalized spacial score (nSPS) is 20.3. The van der Waals surface area contributed by atoms with Crippen LogP contribution in [0.1, 0.15) is 16.7 Å². The number of fused-ring (bicyclic) bond motifs is 5. The summed E-state index contributed by atoms with van der Waals surface area (Å²) in [5, 5.41) is 12.4. The fraction of sp³-hybridized carbons (Fsp3) is 0.387. The van der Waals surface area contributed by atoms with Crippen LogP contribution in [0.2, 0.25) is 0 Å². The molecular weight excluding hydrogens is 510 g/mol. The van der Waals surface area contributed by atoms with Crippen molar-refractivity contribution in [1.29, 1.82) is 0 Å². The van der Waals surface area contributed by atoms with Gasteiger partial charge >= 0.3 is 0 Å². The Morgan fingerprint density at radius 3 is 2.73 bits per heavy atom. The number of hydrogen-bond acceptors (Lipinski definition) is 8. The monoisotopic (exact) mass is 547 g/mol. The Bertz CT molecular complexity index is 1300. The molecular formula is C31H37N3O6. The van der Waals surface area contributed by atoms with E-state index < -0.39 is 0 Å². The molecule has 4 bridgehead atoms. The number of aliphatic hydroxyl groups is 1. The van der Waals surface area contributed by atoms with Crippen molar-refractivity contribution in [3.8, 4) is 23.0 Å². The molecule has 3 aromatic carbocycles. The van der Waals surface area contributed by atoms with Crippen molar-refractivity contribution >= 4 is 5.91 Å². The van der Waals surface area contributed by atoms with E-state index in [1.54, 1.807) is 7.11 Å². The zero-order chi connectivity index (χ0) is 27.9. The van der Waals surface area contributed by atoms with E-state index in [-0.39, 0.29) is 37.8 Å². The SMILES string of the molecule is COc1ccc2cc1Oc1cccc(c1)CO[C@H]1CN(Cc3ccccc3OCCO)C[C@@H]1NC(=O)CN(C)C2. The van der Waals surface area contributed by atoms with Gasteiger partial charge in [0.1, 0.15) is 18.1 Å². The maximum absolute atomic E-state index is 13.1. The fourth-order valence-electron chi connectivity index (χ4n) is 5.25. The molecule has 2 aliphatic rings. The predicted molar refractivity (Wildman–Crippen MR) is 151 cm³/mol. The lowest BCUT2D eigenvalue weighted by atomic mass is 10.1. The van der Waals surface area contributed by atoms with Crippen LogP contribution in [0.4, 0.5) is 0 Å². The van der Waals surface area contributed by atoms with Crippen LogP contribution in [0.25, 0.3) is 0 Å². The highest BCUT2D eigenvalue weighted by Gasteiger charge is 2.35. The van der Waals surface area contributed by atoms with E-state index in [1.165, 1.54) is 0 Å². The Hall–Kier alpha value is -3.63. The van der Waals surface area contributed by atoms with Crippen LogP contribution in [0.5, 0.6) is 23.0 Å². The molecule has 0 spiro atoms. The van der Waals surface area contributed by atoms with E-state index in [0.717, 1.165) is 22.4 Å². The molecule has 40 heavy (non-hydrogen) atoms. The first-order chi connectivity index (χ1) is 19.5. The summed E-state index contributed by atoms with van der Waals surface area (Å²) >= 11 is 0. The number of methoxy groups -OCH3 is 1. The van der Waals surface area contributed by atoms with E-state index >= 15 is 0 Å². The molecule has 9 nitrogen and oxygen atoms in total. The molecule has 2 N–H and O–H groups in total. The molecule has 1 saturated heterocycles. The molecule has 0 saturated carbocycles. The minimum atomic E-state index is -0.190. The minimum absolute atomic E-state index is 0.0402. The van der Waals surface area contributed by atoms with Crippen molar-refractivity contribution in [2.24, 2.45) is 0 Å². The van der Waals surface area contributed by atoms with Gasteiger partial charge in [-0.3, -0.25) is 14.6 Å². The smallest absolute Gasteiger partial charge is 0.234 e. The Labute approximate surface area is 235 Å². The number of likely N-dealkylation sites (tertiary alicyclic amines) is 1. The topological polar surface area (TPSA) is 92.7 Å². The van der Waals surface area contributed by atoms with Crippen LogP contribution >= 0.6 is 0 Å². The van der Waals surface area contributed by atoms with Crippen molar-refractivity contribution in [3.05, 3.63) is 83.4 Å². The zero-order valence-electron chi connectivity index (χ0n) is 23.0. The molecule has 0 radical (unpaired) electrons. The van der Waals surface area contributed by atoms with E-state index in [4.69, 9.17) is 18.9 Å². The molecule has 0 aromatic heterocycles. The lowest BCUT2D eigenvalue weighted by molar-refractivity contribution is -0.123. The second-order valence-corrected chi connectivity index (χ2v) is 10.3. The zero-order valence-corrected chi connectivity index (χ0v) is 23.0. The number of amides is 1. The average molecular weight is 548 g/mol. The molecule has 0 unspecified atom stereocenters. The molecule has 5 rings (SSSR count). The molecule has 2 atom stereocenters. The number of nitrogens with zero attached hydrogens (tertiary/aromatic N) is 2. The summed E-state index contributed by atoms with van der Waals surface area (Å²) in [6.45, 7) is 3.38. The second kappa shape index (κ2) is 13.1. The Kier molecular flexibility index (Phi) is 9.18. The highest BCUT2D eigenvalue weighted by Crippen LogP contribution is 2.33. The Morgan fingerprint density at radius 2 is 1.88 bits per heavy atom. The molecule has 1 amide bonds. The number of hydrogen-bond donors (Lipinski definition) is 2. The molecule has 3 aromatic rings. The summed E-state index contributed by atoms with van der Waals surface area (Å²) in [7, 11) is 3.55. The number of carbonyl (C=O) groups is 1. The fourth-order valence-corrected chi connectivity index (χ4v) is 5.25. The van der Waals surface area contributed by atoms with E-state index in [2.05, 4.69) is 10.2 Å². The van der Waals surface area contributed by atoms with Gasteiger partial charge in [-0.1, -0.05) is 36.4 Å². The van der Waals surface area contributed by atoms with Crippen molar-refractivity contribution in [3.63, 3.8) is 0 Å². The van der Waals surface area contributed by atoms with E-state index in [0.29, 0.717) is 50.0 Å². The van der Waals surface area contributed by atoms with Crippen molar-refractivity contribution < 1.29 is 28.8 Å². The standard InChI is InChI=1S/C31H37N3O6/c1-33-16-22-10-11-28(37-2)29(15-22)40-25-8-5-6-23(14-25)21-39-30-19-34(18-26(30)32-31(36)20-33)17-24-7-3-4-9-27(24)38-13-12-35/h3-11,14-15,26,30,35H,12-13,16-21H2,1-2H3,(H,32,36)/t26-,30-/m0/s1. The maximum Gasteiger partial charge on any atom is 0.234 e. The molecule has 2 aliphatic heterocycles. The van der Waals surface area contributed by atoms with Crippen LogP contribution in [0.15, 0.2) is 66.7 Å².